The average molecular weight is 580 g/mol. The molecule has 0 atom stereocenters. The topological polar surface area (TPSA) is 65.4 Å². The third-order valence-electron chi connectivity index (χ3n) is 5.93. The Balaban J connectivity index is 0.00000156. The predicted octanol–water partition coefficient (Wildman–Crippen LogP) is 7.99. The van der Waals surface area contributed by atoms with Crippen molar-refractivity contribution in [3.63, 3.8) is 0 Å². The molecule has 0 radical (unpaired) electrons. The zero-order chi connectivity index (χ0) is 26.7. The molecule has 10 heteroatoms. The van der Waals surface area contributed by atoms with E-state index in [9.17, 15) is 9.18 Å². The highest BCUT2D eigenvalue weighted by atomic mass is 35.5. The molecule has 37 heavy (non-hydrogen) atoms. The fourth-order valence-electron chi connectivity index (χ4n) is 4.10. The van der Waals surface area contributed by atoms with E-state index in [4.69, 9.17) is 40.5 Å². The molecule has 2 heterocycles. The summed E-state index contributed by atoms with van der Waals surface area (Å²) in [6.07, 6.45) is 0. The van der Waals surface area contributed by atoms with Crippen molar-refractivity contribution in [1.29, 1.82) is 0 Å². The number of hydrogen-bond donors (Lipinski definition) is 2. The lowest BCUT2D eigenvalue weighted by molar-refractivity contribution is 0.0742. The summed E-state index contributed by atoms with van der Waals surface area (Å²) in [7, 11) is 0. The largest absolute Gasteiger partial charge is 0.396 e. The molecule has 4 aromatic rings. The number of benzene rings is 3. The van der Waals surface area contributed by atoms with Crippen molar-refractivity contribution >= 4 is 74.7 Å². The van der Waals surface area contributed by atoms with Gasteiger partial charge in [-0.25, -0.2) is 4.39 Å². The molecule has 0 aliphatic carbocycles. The van der Waals surface area contributed by atoms with Crippen molar-refractivity contribution < 1.29 is 9.18 Å². The number of piperazine rings is 1. The molecule has 5 nitrogen and oxygen atoms in total. The van der Waals surface area contributed by atoms with Gasteiger partial charge in [0.25, 0.3) is 5.91 Å². The predicted molar refractivity (Wildman–Crippen MR) is 154 cm³/mol. The zero-order valence-corrected chi connectivity index (χ0v) is 23.4. The molecule has 1 amide bonds. The second kappa shape index (κ2) is 11.9. The van der Waals surface area contributed by atoms with E-state index in [-0.39, 0.29) is 11.6 Å². The second-order valence-corrected chi connectivity index (χ2v) is 10.6. The van der Waals surface area contributed by atoms with Crippen molar-refractivity contribution in [3.8, 4) is 0 Å². The van der Waals surface area contributed by atoms with Crippen molar-refractivity contribution in [2.45, 2.75) is 23.6 Å². The van der Waals surface area contributed by atoms with Crippen LogP contribution in [0.25, 0.3) is 10.9 Å². The number of amides is 1. The number of rotatable bonds is 4. The first-order chi connectivity index (χ1) is 17.8. The van der Waals surface area contributed by atoms with E-state index in [1.54, 1.807) is 35.2 Å². The minimum absolute atomic E-state index is 0.0964. The summed E-state index contributed by atoms with van der Waals surface area (Å²) in [6, 6.07) is 15.6. The summed E-state index contributed by atoms with van der Waals surface area (Å²) in [5.41, 5.74) is 7.71. The minimum atomic E-state index is -0.439. The first-order valence-corrected chi connectivity index (χ1v) is 13.8. The van der Waals surface area contributed by atoms with Gasteiger partial charge in [0.15, 0.2) is 0 Å². The molecule has 1 aliphatic heterocycles. The van der Waals surface area contributed by atoms with Gasteiger partial charge >= 0.3 is 0 Å². The van der Waals surface area contributed by atoms with Crippen LogP contribution < -0.4 is 10.6 Å². The van der Waals surface area contributed by atoms with Crippen molar-refractivity contribution in [1.82, 2.24) is 9.88 Å². The number of carbonyl (C=O) groups is 1. The molecule has 1 fully saturated rings. The number of H-pyrrole nitrogens is 1. The van der Waals surface area contributed by atoms with Crippen LogP contribution in [0.15, 0.2) is 64.4 Å². The summed E-state index contributed by atoms with van der Waals surface area (Å²) in [5, 5.41) is 2.54. The summed E-state index contributed by atoms with van der Waals surface area (Å²) >= 11 is 20.2. The molecular formula is C27H26Cl3FN4OS. The Labute approximate surface area is 234 Å². The van der Waals surface area contributed by atoms with Crippen molar-refractivity contribution in [2.75, 3.05) is 36.8 Å². The normalized spacial score (nSPS) is 13.5. The van der Waals surface area contributed by atoms with E-state index in [2.05, 4.69) is 4.98 Å². The van der Waals surface area contributed by atoms with E-state index < -0.39 is 5.82 Å². The molecule has 0 spiro atoms. The number of halogens is 4. The molecule has 1 aliphatic rings. The number of aromatic nitrogens is 1. The number of nitrogen functional groups attached to an aromatic ring is 1. The lowest BCUT2D eigenvalue weighted by Crippen LogP contribution is -2.48. The lowest BCUT2D eigenvalue weighted by Gasteiger charge is -2.36. The van der Waals surface area contributed by atoms with Crippen molar-refractivity contribution in [2.24, 2.45) is 0 Å². The number of anilines is 2. The van der Waals surface area contributed by atoms with Gasteiger partial charge in [0.1, 0.15) is 11.5 Å². The van der Waals surface area contributed by atoms with Gasteiger partial charge in [-0.3, -0.25) is 4.79 Å². The molecule has 5 rings (SSSR count). The van der Waals surface area contributed by atoms with Crippen LogP contribution in [0.2, 0.25) is 15.1 Å². The van der Waals surface area contributed by atoms with Crippen LogP contribution in [0, 0.1) is 5.82 Å². The SMILES string of the molecule is CC.Nc1ccc(N2CCN(C(=O)c3cc4c(Sc5ccc(Cl)cc5Cl)cc(Cl)cc4[nH]3)CC2)cc1F. The maximum Gasteiger partial charge on any atom is 0.270 e. The molecule has 0 bridgehead atoms. The fraction of sp³-hybridized carbons (Fsp3) is 0.222. The minimum Gasteiger partial charge on any atom is -0.396 e. The van der Waals surface area contributed by atoms with Crippen LogP contribution in [-0.4, -0.2) is 42.0 Å². The molecule has 3 N–H and O–H groups in total. The molecule has 0 saturated carbocycles. The number of aromatic amines is 1. The number of nitrogens with zero attached hydrogens (tertiary/aromatic N) is 2. The molecular weight excluding hydrogens is 554 g/mol. The zero-order valence-electron chi connectivity index (χ0n) is 20.3. The van der Waals surface area contributed by atoms with E-state index in [1.165, 1.54) is 17.8 Å². The maximum atomic E-state index is 13.9. The maximum absolute atomic E-state index is 13.9. The number of nitrogens with two attached hydrogens (primary N) is 1. The Morgan fingerprint density at radius 3 is 2.32 bits per heavy atom. The Bertz CT molecular complexity index is 1440. The monoisotopic (exact) mass is 578 g/mol. The van der Waals surface area contributed by atoms with E-state index in [0.717, 1.165) is 26.4 Å². The van der Waals surface area contributed by atoms with Crippen LogP contribution in [-0.2, 0) is 0 Å². The molecule has 1 saturated heterocycles. The molecule has 0 unspecified atom stereocenters. The Morgan fingerprint density at radius 1 is 0.919 bits per heavy atom. The number of carbonyl (C=O) groups excluding carboxylic acids is 1. The molecule has 1 aromatic heterocycles. The number of fused-ring (bicyclic) bond motifs is 1. The second-order valence-electron chi connectivity index (χ2n) is 8.21. The van der Waals surface area contributed by atoms with Crippen LogP contribution in [0.4, 0.5) is 15.8 Å². The summed E-state index contributed by atoms with van der Waals surface area (Å²) in [4.78, 5) is 22.0. The summed E-state index contributed by atoms with van der Waals surface area (Å²) < 4.78 is 13.9. The van der Waals surface area contributed by atoms with Gasteiger partial charge in [0.05, 0.1) is 10.7 Å². The van der Waals surface area contributed by atoms with Gasteiger partial charge < -0.3 is 20.5 Å². The number of hydrogen-bond acceptors (Lipinski definition) is 4. The Kier molecular flexibility index (Phi) is 8.80. The van der Waals surface area contributed by atoms with E-state index in [1.807, 2.05) is 36.9 Å². The molecule has 194 valence electrons. The fourth-order valence-corrected chi connectivity index (χ4v) is 5.90. The van der Waals surface area contributed by atoms with Crippen LogP contribution in [0.3, 0.4) is 0 Å². The first-order valence-electron chi connectivity index (χ1n) is 11.8. The third kappa shape index (κ3) is 6.12. The van der Waals surface area contributed by atoms with Crippen LogP contribution >= 0.6 is 46.6 Å². The quantitative estimate of drug-likeness (QED) is 0.241. The highest BCUT2D eigenvalue weighted by Crippen LogP contribution is 2.40. The smallest absolute Gasteiger partial charge is 0.270 e. The van der Waals surface area contributed by atoms with Crippen LogP contribution in [0.1, 0.15) is 24.3 Å². The third-order valence-corrected chi connectivity index (χ3v) is 7.94. The Morgan fingerprint density at radius 2 is 1.65 bits per heavy atom. The van der Waals surface area contributed by atoms with Gasteiger partial charge in [0.2, 0.25) is 0 Å². The highest BCUT2D eigenvalue weighted by Gasteiger charge is 2.24. The average Bonchev–Trinajstić information content (AvgIpc) is 3.32. The number of nitrogens with one attached hydrogen (secondary N) is 1. The van der Waals surface area contributed by atoms with Gasteiger partial charge in [-0.15, -0.1) is 0 Å². The van der Waals surface area contributed by atoms with Gasteiger partial charge in [0, 0.05) is 62.6 Å². The first kappa shape index (κ1) is 27.5. The Hall–Kier alpha value is -2.58. The van der Waals surface area contributed by atoms with Gasteiger partial charge in [-0.1, -0.05) is 60.4 Å². The standard InChI is InChI=1S/C25H20Cl3FN4OS.C2H6/c26-14-1-4-23(18(28)9-14)35-24-11-15(27)10-21-17(24)13-22(31-21)25(34)33-7-5-32(6-8-33)16-2-3-20(30)19(29)12-16;1-2/h1-4,9-13,31H,5-8,30H2;1-2H3. The van der Waals surface area contributed by atoms with E-state index >= 15 is 0 Å². The van der Waals surface area contributed by atoms with Gasteiger partial charge in [-0.2, -0.15) is 0 Å². The van der Waals surface area contributed by atoms with Gasteiger partial charge in [-0.05, 0) is 54.6 Å². The lowest BCUT2D eigenvalue weighted by atomic mass is 10.2. The van der Waals surface area contributed by atoms with E-state index in [0.29, 0.717) is 46.9 Å². The summed E-state index contributed by atoms with van der Waals surface area (Å²) in [6.45, 7) is 6.22. The highest BCUT2D eigenvalue weighted by molar-refractivity contribution is 7.99. The van der Waals surface area contributed by atoms with Crippen LogP contribution in [0.5, 0.6) is 0 Å². The summed E-state index contributed by atoms with van der Waals surface area (Å²) in [5.74, 6) is -0.535. The van der Waals surface area contributed by atoms with Crippen molar-refractivity contribution in [3.05, 3.63) is 81.2 Å². The molecule has 3 aromatic carbocycles.